The predicted molar refractivity (Wildman–Crippen MR) is 129 cm³/mol. The normalized spacial score (nSPS) is 17.6. The molecule has 0 aliphatic carbocycles. The van der Waals surface area contributed by atoms with Crippen molar-refractivity contribution in [2.45, 2.75) is 26.3 Å². The molecular weight excluding hydrogens is 452 g/mol. The number of pyridine rings is 1. The molecule has 1 amide bonds. The molecule has 1 aliphatic heterocycles. The Morgan fingerprint density at radius 1 is 1.21 bits per heavy atom. The van der Waals surface area contributed by atoms with E-state index < -0.39 is 17.7 Å². The highest BCUT2D eigenvalue weighted by molar-refractivity contribution is 7.14. The van der Waals surface area contributed by atoms with E-state index >= 15 is 0 Å². The number of rotatable bonds is 6. The van der Waals surface area contributed by atoms with Crippen LogP contribution in [0.15, 0.2) is 65.8 Å². The third-order valence-corrected chi connectivity index (χ3v) is 6.42. The molecule has 34 heavy (non-hydrogen) atoms. The maximum atomic E-state index is 13.3. The zero-order valence-electron chi connectivity index (χ0n) is 18.6. The molecule has 9 heteroatoms. The van der Waals surface area contributed by atoms with E-state index in [4.69, 9.17) is 4.74 Å². The average Bonchev–Trinajstić information content (AvgIpc) is 3.54. The second-order valence-electron chi connectivity index (χ2n) is 7.88. The molecule has 1 fully saturated rings. The quantitative estimate of drug-likeness (QED) is 0.251. The van der Waals surface area contributed by atoms with Gasteiger partial charge in [-0.3, -0.25) is 18.9 Å². The first-order chi connectivity index (χ1) is 16.5. The summed E-state index contributed by atoms with van der Waals surface area (Å²) in [4.78, 5) is 36.7. The number of Topliss-reactive ketones (excluding diaryl/α,β-unsaturated/α-hetero) is 1. The maximum absolute atomic E-state index is 13.3. The second-order valence-corrected chi connectivity index (χ2v) is 8.75. The lowest BCUT2D eigenvalue weighted by molar-refractivity contribution is -0.132. The van der Waals surface area contributed by atoms with Crippen molar-refractivity contribution in [1.82, 2.24) is 14.4 Å². The minimum absolute atomic E-state index is 0.0124. The number of anilines is 1. The fraction of sp³-hybridized carbons (Fsp3) is 0.200. The molecule has 3 aromatic heterocycles. The van der Waals surface area contributed by atoms with Gasteiger partial charge in [-0.25, -0.2) is 9.97 Å². The Bertz CT molecular complexity index is 1420. The highest BCUT2D eigenvalue weighted by Crippen LogP contribution is 2.43. The van der Waals surface area contributed by atoms with Crippen molar-refractivity contribution in [1.29, 1.82) is 0 Å². The van der Waals surface area contributed by atoms with Crippen LogP contribution in [0.3, 0.4) is 0 Å². The van der Waals surface area contributed by atoms with Crippen molar-refractivity contribution in [3.8, 4) is 5.75 Å². The van der Waals surface area contributed by atoms with E-state index in [2.05, 4.69) is 9.97 Å². The van der Waals surface area contributed by atoms with Crippen LogP contribution in [-0.2, 0) is 9.59 Å². The van der Waals surface area contributed by atoms with Crippen LogP contribution in [-0.4, -0.2) is 37.8 Å². The van der Waals surface area contributed by atoms with Gasteiger partial charge in [0, 0.05) is 17.8 Å². The summed E-state index contributed by atoms with van der Waals surface area (Å²) in [7, 11) is 0. The summed E-state index contributed by atoms with van der Waals surface area (Å²) in [5, 5.41) is 13.6. The van der Waals surface area contributed by atoms with Gasteiger partial charge in [-0.2, -0.15) is 0 Å². The Kier molecular flexibility index (Phi) is 5.62. The van der Waals surface area contributed by atoms with Crippen molar-refractivity contribution >= 4 is 39.6 Å². The average molecular weight is 475 g/mol. The van der Waals surface area contributed by atoms with E-state index in [9.17, 15) is 14.7 Å². The Labute approximate surface area is 199 Å². The van der Waals surface area contributed by atoms with Gasteiger partial charge in [0.1, 0.15) is 17.1 Å². The van der Waals surface area contributed by atoms with Crippen LogP contribution in [0.25, 0.3) is 11.4 Å². The lowest BCUT2D eigenvalue weighted by atomic mass is 9.96. The lowest BCUT2D eigenvalue weighted by Crippen LogP contribution is -2.29. The number of aromatic nitrogens is 3. The fourth-order valence-corrected chi connectivity index (χ4v) is 4.87. The zero-order valence-corrected chi connectivity index (χ0v) is 19.5. The summed E-state index contributed by atoms with van der Waals surface area (Å²) in [5.74, 6) is -1.18. The fourth-order valence-electron chi connectivity index (χ4n) is 4.20. The van der Waals surface area contributed by atoms with Gasteiger partial charge >= 0.3 is 5.91 Å². The first-order valence-electron chi connectivity index (χ1n) is 10.9. The minimum Gasteiger partial charge on any atom is -0.505 e. The van der Waals surface area contributed by atoms with Gasteiger partial charge in [-0.1, -0.05) is 25.1 Å². The number of fused-ring (bicyclic) bond motifs is 1. The Balaban J connectivity index is 1.74. The van der Waals surface area contributed by atoms with Crippen LogP contribution in [0.5, 0.6) is 5.75 Å². The number of imidazole rings is 1. The van der Waals surface area contributed by atoms with Crippen LogP contribution < -0.4 is 9.64 Å². The first-order valence-corrected chi connectivity index (χ1v) is 11.8. The maximum Gasteiger partial charge on any atom is 0.301 e. The van der Waals surface area contributed by atoms with Gasteiger partial charge in [0.05, 0.1) is 23.9 Å². The highest BCUT2D eigenvalue weighted by Gasteiger charge is 2.48. The number of thiazole rings is 1. The number of carbonyl (C=O) groups is 2. The number of aryl methyl sites for hydroxylation is 1. The number of benzene rings is 1. The highest BCUT2D eigenvalue weighted by atomic mass is 32.1. The Morgan fingerprint density at radius 2 is 2.06 bits per heavy atom. The van der Waals surface area contributed by atoms with Crippen LogP contribution >= 0.6 is 11.3 Å². The molecule has 1 aromatic carbocycles. The molecule has 1 atom stereocenters. The molecule has 1 N–H and O–H groups in total. The summed E-state index contributed by atoms with van der Waals surface area (Å²) in [6, 6.07) is 11.8. The predicted octanol–water partition coefficient (Wildman–Crippen LogP) is 4.51. The van der Waals surface area contributed by atoms with E-state index in [0.29, 0.717) is 40.1 Å². The molecule has 1 saturated heterocycles. The molecule has 1 unspecified atom stereocenters. The summed E-state index contributed by atoms with van der Waals surface area (Å²) in [6.45, 7) is 4.31. The lowest BCUT2D eigenvalue weighted by Gasteiger charge is -2.23. The summed E-state index contributed by atoms with van der Waals surface area (Å²) in [5.41, 5.74) is 2.17. The molecule has 8 nitrogen and oxygen atoms in total. The summed E-state index contributed by atoms with van der Waals surface area (Å²) < 4.78 is 7.49. The number of carbonyl (C=O) groups excluding carboxylic acids is 2. The summed E-state index contributed by atoms with van der Waals surface area (Å²) in [6.07, 6.45) is 4.18. The standard InChI is InChI=1S/C25H22N4O4S/c1-3-12-33-17-8-6-7-16(14-17)21-19(23(31)24(32)29(21)25-26-10-13-34-25)22(30)20-15(2)27-18-9-4-5-11-28(18)20/h4-11,13-14,21,30H,3,12H2,1-2H3/b22-19+. The zero-order chi connectivity index (χ0) is 23.8. The number of ether oxygens (including phenoxy) is 1. The van der Waals surface area contributed by atoms with E-state index in [0.717, 1.165) is 6.42 Å². The van der Waals surface area contributed by atoms with Crippen molar-refractivity contribution in [3.63, 3.8) is 0 Å². The minimum atomic E-state index is -0.870. The number of hydrogen-bond donors (Lipinski definition) is 1. The van der Waals surface area contributed by atoms with Crippen molar-refractivity contribution in [2.24, 2.45) is 0 Å². The molecule has 1 aliphatic rings. The van der Waals surface area contributed by atoms with Gasteiger partial charge in [0.25, 0.3) is 5.78 Å². The van der Waals surface area contributed by atoms with Crippen molar-refractivity contribution < 1.29 is 19.4 Å². The monoisotopic (exact) mass is 474 g/mol. The second kappa shape index (κ2) is 8.75. The molecule has 5 rings (SSSR count). The largest absolute Gasteiger partial charge is 0.505 e. The molecule has 4 heterocycles. The molecule has 0 radical (unpaired) electrons. The van der Waals surface area contributed by atoms with Gasteiger partial charge in [-0.05, 0) is 43.2 Å². The summed E-state index contributed by atoms with van der Waals surface area (Å²) >= 11 is 1.25. The smallest absolute Gasteiger partial charge is 0.301 e. The van der Waals surface area contributed by atoms with Gasteiger partial charge < -0.3 is 9.84 Å². The number of nitrogens with zero attached hydrogens (tertiary/aromatic N) is 4. The topological polar surface area (TPSA) is 97.0 Å². The molecular formula is C25H22N4O4S. The van der Waals surface area contributed by atoms with Crippen LogP contribution in [0.4, 0.5) is 5.13 Å². The van der Waals surface area contributed by atoms with Crippen LogP contribution in [0, 0.1) is 6.92 Å². The Hall–Kier alpha value is -3.98. The SMILES string of the molecule is CCCOc1cccc(C2/C(=C(\O)c3c(C)nc4ccccn34)C(=O)C(=O)N2c2nccs2)c1. The number of aliphatic hydroxyl groups excluding tert-OH is 1. The van der Waals surface area contributed by atoms with E-state index in [-0.39, 0.29) is 11.3 Å². The molecule has 4 aromatic rings. The number of amides is 1. The third kappa shape index (κ3) is 3.54. The van der Waals surface area contributed by atoms with Gasteiger partial charge in [0.2, 0.25) is 0 Å². The number of hydrogen-bond acceptors (Lipinski definition) is 7. The molecule has 0 spiro atoms. The Morgan fingerprint density at radius 3 is 2.82 bits per heavy atom. The van der Waals surface area contributed by atoms with Crippen LogP contribution in [0.1, 0.15) is 36.3 Å². The van der Waals surface area contributed by atoms with Crippen molar-refractivity contribution in [2.75, 3.05) is 11.5 Å². The molecule has 0 saturated carbocycles. The number of ketones is 1. The van der Waals surface area contributed by atoms with Crippen LogP contribution in [0.2, 0.25) is 0 Å². The van der Waals surface area contributed by atoms with E-state index in [1.54, 1.807) is 35.2 Å². The van der Waals surface area contributed by atoms with Crippen molar-refractivity contribution in [3.05, 3.63) is 82.8 Å². The van der Waals surface area contributed by atoms with Gasteiger partial charge in [0.15, 0.2) is 10.9 Å². The molecule has 0 bridgehead atoms. The molecule has 172 valence electrons. The van der Waals surface area contributed by atoms with Gasteiger partial charge in [-0.15, -0.1) is 11.3 Å². The van der Waals surface area contributed by atoms with E-state index in [1.165, 1.54) is 16.2 Å². The first kappa shape index (κ1) is 21.8. The third-order valence-electron chi connectivity index (χ3n) is 5.65. The van der Waals surface area contributed by atoms with E-state index in [1.807, 2.05) is 43.3 Å². The number of aliphatic hydroxyl groups is 1.